The highest BCUT2D eigenvalue weighted by molar-refractivity contribution is 5.89. The van der Waals surface area contributed by atoms with Gasteiger partial charge < -0.3 is 10.2 Å². The molecule has 0 aromatic rings. The highest BCUT2D eigenvalue weighted by Crippen LogP contribution is 2.19. The SMILES string of the molecule is N=C1CCCN1C1CCCCNC1=O. The van der Waals surface area contributed by atoms with Gasteiger partial charge in [0.05, 0.1) is 5.84 Å². The van der Waals surface area contributed by atoms with E-state index in [1.54, 1.807) is 0 Å². The van der Waals surface area contributed by atoms with Gasteiger partial charge in [0.25, 0.3) is 0 Å². The van der Waals surface area contributed by atoms with Crippen LogP contribution in [0.2, 0.25) is 0 Å². The third-order valence-corrected chi connectivity index (χ3v) is 3.04. The van der Waals surface area contributed by atoms with Crippen LogP contribution in [0.25, 0.3) is 0 Å². The Labute approximate surface area is 84.2 Å². The van der Waals surface area contributed by atoms with Crippen LogP contribution in [-0.2, 0) is 4.79 Å². The Morgan fingerprint density at radius 3 is 2.93 bits per heavy atom. The van der Waals surface area contributed by atoms with Crippen LogP contribution < -0.4 is 5.32 Å². The summed E-state index contributed by atoms with van der Waals surface area (Å²) in [4.78, 5) is 13.7. The average molecular weight is 195 g/mol. The Hall–Kier alpha value is -1.06. The molecule has 14 heavy (non-hydrogen) atoms. The van der Waals surface area contributed by atoms with Gasteiger partial charge in [0.1, 0.15) is 6.04 Å². The summed E-state index contributed by atoms with van der Waals surface area (Å²) in [5, 5.41) is 10.7. The van der Waals surface area contributed by atoms with Crippen LogP contribution in [0.15, 0.2) is 0 Å². The third kappa shape index (κ3) is 1.74. The lowest BCUT2D eigenvalue weighted by molar-refractivity contribution is -0.124. The van der Waals surface area contributed by atoms with Gasteiger partial charge in [0.15, 0.2) is 0 Å². The number of rotatable bonds is 1. The van der Waals surface area contributed by atoms with Crippen LogP contribution in [0.4, 0.5) is 0 Å². The Bertz CT molecular complexity index is 252. The predicted octanol–water partition coefficient (Wildman–Crippen LogP) is 0.728. The van der Waals surface area contributed by atoms with Crippen LogP contribution in [0.1, 0.15) is 32.1 Å². The molecule has 0 aliphatic carbocycles. The molecule has 2 aliphatic heterocycles. The van der Waals surface area contributed by atoms with E-state index in [0.717, 1.165) is 45.2 Å². The van der Waals surface area contributed by atoms with Crippen molar-refractivity contribution < 1.29 is 4.79 Å². The fourth-order valence-electron chi connectivity index (χ4n) is 2.26. The van der Waals surface area contributed by atoms with E-state index >= 15 is 0 Å². The molecule has 2 heterocycles. The van der Waals surface area contributed by atoms with E-state index in [2.05, 4.69) is 5.32 Å². The quantitative estimate of drug-likeness (QED) is 0.648. The fraction of sp³-hybridized carbons (Fsp3) is 0.800. The number of likely N-dealkylation sites (tertiary alicyclic amines) is 1. The zero-order valence-corrected chi connectivity index (χ0v) is 8.38. The van der Waals surface area contributed by atoms with E-state index in [-0.39, 0.29) is 11.9 Å². The maximum Gasteiger partial charge on any atom is 0.242 e. The largest absolute Gasteiger partial charge is 0.354 e. The summed E-state index contributed by atoms with van der Waals surface area (Å²) in [5.74, 6) is 0.765. The Kier molecular flexibility index (Phi) is 2.70. The number of nitrogens with zero attached hydrogens (tertiary/aromatic N) is 1. The molecular weight excluding hydrogens is 178 g/mol. The Morgan fingerprint density at radius 2 is 2.21 bits per heavy atom. The Balaban J connectivity index is 2.06. The van der Waals surface area contributed by atoms with Gasteiger partial charge in [-0.2, -0.15) is 0 Å². The summed E-state index contributed by atoms with van der Waals surface area (Å²) in [6.45, 7) is 1.69. The van der Waals surface area contributed by atoms with Crippen LogP contribution in [0, 0.1) is 5.41 Å². The van der Waals surface area contributed by atoms with E-state index in [0.29, 0.717) is 5.84 Å². The minimum atomic E-state index is -0.0625. The van der Waals surface area contributed by atoms with Crippen molar-refractivity contribution in [3.8, 4) is 0 Å². The molecule has 0 aromatic carbocycles. The zero-order chi connectivity index (χ0) is 9.97. The molecule has 4 nitrogen and oxygen atoms in total. The van der Waals surface area contributed by atoms with Gasteiger partial charge in [-0.15, -0.1) is 0 Å². The molecule has 78 valence electrons. The summed E-state index contributed by atoms with van der Waals surface area (Å²) in [6, 6.07) is -0.0625. The van der Waals surface area contributed by atoms with E-state index < -0.39 is 0 Å². The van der Waals surface area contributed by atoms with Crippen LogP contribution in [0.3, 0.4) is 0 Å². The summed E-state index contributed by atoms with van der Waals surface area (Å²) in [6.07, 6.45) is 4.94. The topological polar surface area (TPSA) is 56.2 Å². The molecule has 2 fully saturated rings. The monoisotopic (exact) mass is 195 g/mol. The lowest BCUT2D eigenvalue weighted by atomic mass is 10.1. The predicted molar refractivity (Wildman–Crippen MR) is 54.3 cm³/mol. The van der Waals surface area contributed by atoms with Crippen LogP contribution in [0.5, 0.6) is 0 Å². The van der Waals surface area contributed by atoms with Gasteiger partial charge in [0, 0.05) is 19.5 Å². The fourth-order valence-corrected chi connectivity index (χ4v) is 2.26. The number of amides is 1. The molecule has 0 bridgehead atoms. The van der Waals surface area contributed by atoms with Gasteiger partial charge in [0.2, 0.25) is 5.91 Å². The molecule has 2 saturated heterocycles. The van der Waals surface area contributed by atoms with Crippen molar-refractivity contribution in [2.75, 3.05) is 13.1 Å². The first kappa shape index (κ1) is 9.49. The zero-order valence-electron chi connectivity index (χ0n) is 8.38. The first-order valence-corrected chi connectivity index (χ1v) is 5.41. The first-order chi connectivity index (χ1) is 6.79. The second-order valence-corrected chi connectivity index (χ2v) is 4.05. The highest BCUT2D eigenvalue weighted by atomic mass is 16.2. The van der Waals surface area contributed by atoms with Crippen LogP contribution in [-0.4, -0.2) is 35.8 Å². The second kappa shape index (κ2) is 3.98. The second-order valence-electron chi connectivity index (χ2n) is 4.05. The lowest BCUT2D eigenvalue weighted by Gasteiger charge is -2.26. The normalized spacial score (nSPS) is 28.9. The van der Waals surface area contributed by atoms with Gasteiger partial charge in [-0.05, 0) is 25.7 Å². The molecule has 0 aromatic heterocycles. The van der Waals surface area contributed by atoms with Gasteiger partial charge in [-0.1, -0.05) is 0 Å². The molecule has 1 unspecified atom stereocenters. The standard InChI is InChI=1S/C10H17N3O/c11-9-5-3-7-13(9)8-4-1-2-6-12-10(8)14/h8,11H,1-7H2,(H,12,14). The minimum Gasteiger partial charge on any atom is -0.354 e. The molecule has 0 saturated carbocycles. The molecule has 2 N–H and O–H groups in total. The summed E-state index contributed by atoms with van der Waals surface area (Å²) < 4.78 is 0. The number of carbonyl (C=O) groups is 1. The molecule has 1 amide bonds. The number of hydrogen-bond donors (Lipinski definition) is 2. The third-order valence-electron chi connectivity index (χ3n) is 3.04. The van der Waals surface area contributed by atoms with Crippen molar-refractivity contribution in [3.05, 3.63) is 0 Å². The first-order valence-electron chi connectivity index (χ1n) is 5.41. The molecule has 0 spiro atoms. The van der Waals surface area contributed by atoms with Gasteiger partial charge in [-0.3, -0.25) is 10.2 Å². The Morgan fingerprint density at radius 1 is 1.36 bits per heavy atom. The molecule has 4 heteroatoms. The molecule has 2 rings (SSSR count). The van der Waals surface area contributed by atoms with Crippen molar-refractivity contribution in [2.24, 2.45) is 0 Å². The molecular formula is C10H17N3O. The average Bonchev–Trinajstić information content (AvgIpc) is 2.46. The van der Waals surface area contributed by atoms with E-state index in [1.807, 2.05) is 4.90 Å². The number of hydrogen-bond acceptors (Lipinski definition) is 2. The smallest absolute Gasteiger partial charge is 0.242 e. The summed E-state index contributed by atoms with van der Waals surface area (Å²) in [7, 11) is 0. The maximum absolute atomic E-state index is 11.7. The number of carbonyl (C=O) groups excluding carboxylic acids is 1. The maximum atomic E-state index is 11.7. The van der Waals surface area contributed by atoms with Crippen molar-refractivity contribution in [1.29, 1.82) is 5.41 Å². The van der Waals surface area contributed by atoms with E-state index in [9.17, 15) is 4.79 Å². The van der Waals surface area contributed by atoms with Crippen molar-refractivity contribution in [2.45, 2.75) is 38.1 Å². The van der Waals surface area contributed by atoms with E-state index in [4.69, 9.17) is 5.41 Å². The van der Waals surface area contributed by atoms with Gasteiger partial charge in [-0.25, -0.2) is 0 Å². The molecule has 0 radical (unpaired) electrons. The lowest BCUT2D eigenvalue weighted by Crippen LogP contribution is -2.46. The molecule has 2 aliphatic rings. The van der Waals surface area contributed by atoms with Crippen molar-refractivity contribution >= 4 is 11.7 Å². The highest BCUT2D eigenvalue weighted by Gasteiger charge is 2.31. The number of amidine groups is 1. The van der Waals surface area contributed by atoms with E-state index in [1.165, 1.54) is 0 Å². The molecule has 1 atom stereocenters. The van der Waals surface area contributed by atoms with Crippen LogP contribution >= 0.6 is 0 Å². The summed E-state index contributed by atoms with van der Waals surface area (Å²) in [5.41, 5.74) is 0. The minimum absolute atomic E-state index is 0.0625. The number of nitrogens with one attached hydrogen (secondary N) is 2. The summed E-state index contributed by atoms with van der Waals surface area (Å²) >= 11 is 0. The van der Waals surface area contributed by atoms with Gasteiger partial charge >= 0.3 is 0 Å². The van der Waals surface area contributed by atoms with Crippen molar-refractivity contribution in [1.82, 2.24) is 10.2 Å². The van der Waals surface area contributed by atoms with Crippen molar-refractivity contribution in [3.63, 3.8) is 0 Å².